The average molecular weight is 363 g/mol. The van der Waals surface area contributed by atoms with Crippen LogP contribution in [0.4, 0.5) is 0 Å². The summed E-state index contributed by atoms with van der Waals surface area (Å²) in [6.45, 7) is 7.66. The van der Waals surface area contributed by atoms with Crippen molar-refractivity contribution in [3.8, 4) is 5.69 Å². The first kappa shape index (κ1) is 19.0. The molecule has 0 aliphatic heterocycles. The third-order valence-corrected chi connectivity index (χ3v) is 4.04. The van der Waals surface area contributed by atoms with E-state index in [9.17, 15) is 9.59 Å². The van der Waals surface area contributed by atoms with Crippen molar-refractivity contribution in [2.24, 2.45) is 5.92 Å². The molecule has 1 aromatic carbocycles. The molecule has 1 aromatic heterocycles. The smallest absolute Gasteiger partial charge is 0.242 e. The van der Waals surface area contributed by atoms with Gasteiger partial charge in [0, 0.05) is 22.7 Å². The molecule has 0 saturated heterocycles. The number of aryl methyl sites for hydroxylation is 1. The molecule has 0 saturated carbocycles. The third kappa shape index (κ3) is 5.06. The van der Waals surface area contributed by atoms with E-state index in [4.69, 9.17) is 11.6 Å². The highest BCUT2D eigenvalue weighted by atomic mass is 35.5. The quantitative estimate of drug-likeness (QED) is 0.803. The summed E-state index contributed by atoms with van der Waals surface area (Å²) in [7, 11) is 0. The van der Waals surface area contributed by atoms with Crippen LogP contribution in [0.5, 0.6) is 0 Å². The van der Waals surface area contributed by atoms with Crippen LogP contribution in [-0.4, -0.2) is 21.6 Å². The molecule has 2 N–H and O–H groups in total. The number of halogens is 1. The lowest BCUT2D eigenvalue weighted by molar-refractivity contribution is -0.129. The summed E-state index contributed by atoms with van der Waals surface area (Å²) >= 11 is 5.92. The number of amides is 2. The number of carbonyl (C=O) groups is 2. The number of nitrogens with one attached hydrogen (secondary N) is 2. The van der Waals surface area contributed by atoms with Crippen molar-refractivity contribution in [3.05, 3.63) is 46.2 Å². The fraction of sp³-hybridized carbons (Fsp3) is 0.389. The van der Waals surface area contributed by atoms with Crippen LogP contribution in [0.2, 0.25) is 5.02 Å². The Labute approximate surface area is 152 Å². The van der Waals surface area contributed by atoms with Gasteiger partial charge < -0.3 is 0 Å². The first-order chi connectivity index (χ1) is 11.8. The number of nitrogens with zero attached hydrogens (tertiary/aromatic N) is 2. The summed E-state index contributed by atoms with van der Waals surface area (Å²) in [6.07, 6.45) is 0.514. The Morgan fingerprint density at radius 1 is 1.12 bits per heavy atom. The van der Waals surface area contributed by atoms with Crippen molar-refractivity contribution in [3.63, 3.8) is 0 Å². The SMILES string of the molecule is Cc1nn(-c2ccc(Cl)cc2)c(C)c1CC(=O)NNC(=O)CC(C)C. The van der Waals surface area contributed by atoms with Gasteiger partial charge in [-0.25, -0.2) is 4.68 Å². The highest BCUT2D eigenvalue weighted by Gasteiger charge is 2.16. The Hall–Kier alpha value is -2.34. The van der Waals surface area contributed by atoms with Gasteiger partial charge in [0.1, 0.15) is 0 Å². The van der Waals surface area contributed by atoms with Crippen molar-refractivity contribution < 1.29 is 9.59 Å². The van der Waals surface area contributed by atoms with Crippen LogP contribution in [0.25, 0.3) is 5.69 Å². The minimum Gasteiger partial charge on any atom is -0.273 e. The Bertz CT molecular complexity index is 766. The first-order valence-electron chi connectivity index (χ1n) is 8.16. The second-order valence-corrected chi connectivity index (χ2v) is 6.85. The zero-order chi connectivity index (χ0) is 18.6. The molecule has 2 rings (SSSR count). The monoisotopic (exact) mass is 362 g/mol. The molecule has 0 fully saturated rings. The van der Waals surface area contributed by atoms with E-state index in [0.29, 0.717) is 11.4 Å². The van der Waals surface area contributed by atoms with Gasteiger partial charge in [0.15, 0.2) is 0 Å². The average Bonchev–Trinajstić information content (AvgIpc) is 2.81. The Morgan fingerprint density at radius 2 is 1.72 bits per heavy atom. The second kappa shape index (κ2) is 8.16. The molecule has 0 bridgehead atoms. The van der Waals surface area contributed by atoms with Gasteiger partial charge in [-0.3, -0.25) is 20.4 Å². The fourth-order valence-electron chi connectivity index (χ4n) is 2.53. The van der Waals surface area contributed by atoms with Gasteiger partial charge >= 0.3 is 0 Å². The number of rotatable bonds is 5. The molecule has 2 aromatic rings. The summed E-state index contributed by atoms with van der Waals surface area (Å²) in [5.74, 6) is -0.244. The molecular weight excluding hydrogens is 340 g/mol. The summed E-state index contributed by atoms with van der Waals surface area (Å²) in [4.78, 5) is 23.7. The normalized spacial score (nSPS) is 10.8. The van der Waals surface area contributed by atoms with Crippen molar-refractivity contribution in [1.29, 1.82) is 0 Å². The first-order valence-corrected chi connectivity index (χ1v) is 8.54. The van der Waals surface area contributed by atoms with Crippen LogP contribution in [0.15, 0.2) is 24.3 Å². The van der Waals surface area contributed by atoms with Crippen LogP contribution < -0.4 is 10.9 Å². The molecule has 0 aliphatic carbocycles. The van der Waals surface area contributed by atoms with Gasteiger partial charge in [-0.05, 0) is 44.0 Å². The maximum atomic E-state index is 12.1. The Morgan fingerprint density at radius 3 is 2.32 bits per heavy atom. The molecule has 0 unspecified atom stereocenters. The molecule has 2 amide bonds. The Kier molecular flexibility index (Phi) is 6.20. The van der Waals surface area contributed by atoms with E-state index in [2.05, 4.69) is 16.0 Å². The van der Waals surface area contributed by atoms with E-state index in [1.807, 2.05) is 39.8 Å². The van der Waals surface area contributed by atoms with E-state index in [0.717, 1.165) is 22.6 Å². The maximum Gasteiger partial charge on any atom is 0.242 e. The van der Waals surface area contributed by atoms with Crippen LogP contribution >= 0.6 is 11.6 Å². The van der Waals surface area contributed by atoms with Gasteiger partial charge in [-0.15, -0.1) is 0 Å². The zero-order valence-corrected chi connectivity index (χ0v) is 15.6. The lowest BCUT2D eigenvalue weighted by Gasteiger charge is -2.09. The van der Waals surface area contributed by atoms with E-state index in [1.54, 1.807) is 16.8 Å². The van der Waals surface area contributed by atoms with Crippen molar-refractivity contribution >= 4 is 23.4 Å². The molecule has 6 nitrogen and oxygen atoms in total. The molecule has 0 radical (unpaired) electrons. The number of hydrogen-bond acceptors (Lipinski definition) is 3. The van der Waals surface area contributed by atoms with Gasteiger partial charge in [0.05, 0.1) is 17.8 Å². The van der Waals surface area contributed by atoms with E-state index < -0.39 is 0 Å². The van der Waals surface area contributed by atoms with E-state index in [1.165, 1.54) is 0 Å². The predicted molar refractivity (Wildman–Crippen MR) is 97.5 cm³/mol. The third-order valence-electron chi connectivity index (χ3n) is 3.78. The molecule has 0 aliphatic rings. The van der Waals surface area contributed by atoms with Gasteiger partial charge in [0.25, 0.3) is 0 Å². The summed E-state index contributed by atoms with van der Waals surface area (Å²) in [5, 5.41) is 5.16. The Balaban J connectivity index is 2.06. The van der Waals surface area contributed by atoms with E-state index >= 15 is 0 Å². The molecule has 0 atom stereocenters. The highest BCUT2D eigenvalue weighted by Crippen LogP contribution is 2.20. The molecular formula is C18H23ClN4O2. The van der Waals surface area contributed by atoms with E-state index in [-0.39, 0.29) is 24.2 Å². The lowest BCUT2D eigenvalue weighted by atomic mass is 10.1. The number of hydrogen-bond donors (Lipinski definition) is 2. The minimum absolute atomic E-state index is 0.146. The molecule has 0 spiro atoms. The number of carbonyl (C=O) groups excluding carboxylic acids is 2. The number of hydrazine groups is 1. The van der Waals surface area contributed by atoms with Crippen molar-refractivity contribution in [1.82, 2.24) is 20.6 Å². The molecule has 7 heteroatoms. The van der Waals surface area contributed by atoms with Crippen LogP contribution in [0.1, 0.15) is 37.2 Å². The minimum atomic E-state index is -0.279. The lowest BCUT2D eigenvalue weighted by Crippen LogP contribution is -2.42. The van der Waals surface area contributed by atoms with Crippen LogP contribution in [-0.2, 0) is 16.0 Å². The molecule has 25 heavy (non-hydrogen) atoms. The van der Waals surface area contributed by atoms with Crippen LogP contribution in [0.3, 0.4) is 0 Å². The van der Waals surface area contributed by atoms with Gasteiger partial charge in [0.2, 0.25) is 11.8 Å². The predicted octanol–water partition coefficient (Wildman–Crippen LogP) is 2.88. The van der Waals surface area contributed by atoms with Crippen LogP contribution in [0, 0.1) is 19.8 Å². The number of aromatic nitrogens is 2. The maximum absolute atomic E-state index is 12.1. The largest absolute Gasteiger partial charge is 0.273 e. The zero-order valence-electron chi connectivity index (χ0n) is 14.9. The highest BCUT2D eigenvalue weighted by molar-refractivity contribution is 6.30. The fourth-order valence-corrected chi connectivity index (χ4v) is 2.66. The summed E-state index contributed by atoms with van der Waals surface area (Å²) in [6, 6.07) is 7.34. The molecule has 1 heterocycles. The van der Waals surface area contributed by atoms with Crippen molar-refractivity contribution in [2.45, 2.75) is 40.5 Å². The van der Waals surface area contributed by atoms with Crippen molar-refractivity contribution in [2.75, 3.05) is 0 Å². The second-order valence-electron chi connectivity index (χ2n) is 6.41. The van der Waals surface area contributed by atoms with Gasteiger partial charge in [-0.1, -0.05) is 25.4 Å². The standard InChI is InChI=1S/C18H23ClN4O2/c1-11(2)9-17(24)20-21-18(25)10-16-12(3)22-23(13(16)4)15-7-5-14(19)6-8-15/h5-8,11H,9-10H2,1-4H3,(H,20,24)(H,21,25). The number of benzene rings is 1. The summed E-state index contributed by atoms with van der Waals surface area (Å²) < 4.78 is 1.78. The summed E-state index contributed by atoms with van der Waals surface area (Å²) in [5.41, 5.74) is 8.26. The van der Waals surface area contributed by atoms with Gasteiger partial charge in [-0.2, -0.15) is 5.10 Å². The topological polar surface area (TPSA) is 76.0 Å². The molecule has 134 valence electrons.